The maximum absolute atomic E-state index is 8.52. The van der Waals surface area contributed by atoms with E-state index in [2.05, 4.69) is 15.9 Å². The molecule has 0 spiro atoms. The molecule has 0 bridgehead atoms. The number of hydrogen-bond acceptors (Lipinski definition) is 1. The van der Waals surface area contributed by atoms with Gasteiger partial charge < -0.3 is 5.11 Å². The van der Waals surface area contributed by atoms with E-state index in [-0.39, 0.29) is 12.5 Å². The molecule has 0 aromatic heterocycles. The van der Waals surface area contributed by atoms with Crippen LogP contribution in [-0.4, -0.2) is 11.7 Å². The molecule has 1 unspecified atom stereocenters. The molecule has 0 radical (unpaired) electrons. The van der Waals surface area contributed by atoms with E-state index < -0.39 is 0 Å². The monoisotopic (exact) mass is 178 g/mol. The minimum atomic E-state index is 0.225. The molecule has 8 heavy (non-hydrogen) atoms. The van der Waals surface area contributed by atoms with Crippen LogP contribution in [0.4, 0.5) is 0 Å². The lowest BCUT2D eigenvalue weighted by Crippen LogP contribution is -1.94. The van der Waals surface area contributed by atoms with Gasteiger partial charge in [0.25, 0.3) is 0 Å². The molecule has 1 atom stereocenters. The van der Waals surface area contributed by atoms with Gasteiger partial charge in [-0.05, 0) is 17.3 Å². The average molecular weight is 179 g/mol. The highest BCUT2D eigenvalue weighted by atomic mass is 79.9. The SMILES string of the molecule is CC(Br)=CC(C)CO. The quantitative estimate of drug-likeness (QED) is 0.686. The number of aliphatic hydroxyl groups is 1. The minimum Gasteiger partial charge on any atom is -0.396 e. The molecule has 0 aliphatic rings. The second-order valence-corrected chi connectivity index (χ2v) is 3.16. The highest BCUT2D eigenvalue weighted by Gasteiger charge is 1.91. The molecule has 0 rings (SSSR count). The fraction of sp³-hybridized carbons (Fsp3) is 0.667. The van der Waals surface area contributed by atoms with Gasteiger partial charge in [0.1, 0.15) is 0 Å². The molecule has 0 aliphatic carbocycles. The van der Waals surface area contributed by atoms with Crippen LogP contribution >= 0.6 is 15.9 Å². The van der Waals surface area contributed by atoms with Crippen LogP contribution in [0.5, 0.6) is 0 Å². The van der Waals surface area contributed by atoms with Crippen LogP contribution in [0.25, 0.3) is 0 Å². The zero-order valence-electron chi connectivity index (χ0n) is 5.19. The summed E-state index contributed by atoms with van der Waals surface area (Å²) >= 11 is 3.27. The number of aliphatic hydroxyl groups excluding tert-OH is 1. The third-order valence-corrected chi connectivity index (χ3v) is 1.07. The van der Waals surface area contributed by atoms with E-state index in [0.717, 1.165) is 4.48 Å². The molecule has 0 saturated carbocycles. The largest absolute Gasteiger partial charge is 0.396 e. The Balaban J connectivity index is 3.51. The predicted octanol–water partition coefficient (Wildman–Crippen LogP) is 1.91. The van der Waals surface area contributed by atoms with Crippen molar-refractivity contribution in [3.63, 3.8) is 0 Å². The van der Waals surface area contributed by atoms with Crippen LogP contribution in [0.3, 0.4) is 0 Å². The number of halogens is 1. The van der Waals surface area contributed by atoms with E-state index in [0.29, 0.717) is 0 Å². The van der Waals surface area contributed by atoms with E-state index in [4.69, 9.17) is 5.11 Å². The van der Waals surface area contributed by atoms with Crippen LogP contribution in [0.2, 0.25) is 0 Å². The van der Waals surface area contributed by atoms with Gasteiger partial charge in [-0.1, -0.05) is 28.9 Å². The van der Waals surface area contributed by atoms with Gasteiger partial charge in [-0.2, -0.15) is 0 Å². The average Bonchev–Trinajstić information content (AvgIpc) is 1.65. The third kappa shape index (κ3) is 4.34. The summed E-state index contributed by atoms with van der Waals surface area (Å²) in [6, 6.07) is 0. The first-order valence-electron chi connectivity index (χ1n) is 2.61. The summed E-state index contributed by atoms with van der Waals surface area (Å²) in [7, 11) is 0. The van der Waals surface area contributed by atoms with E-state index in [9.17, 15) is 0 Å². The van der Waals surface area contributed by atoms with Gasteiger partial charge >= 0.3 is 0 Å². The van der Waals surface area contributed by atoms with Gasteiger partial charge in [0, 0.05) is 6.61 Å². The van der Waals surface area contributed by atoms with Crippen LogP contribution in [0, 0.1) is 5.92 Å². The standard InChI is InChI=1S/C6H11BrO/c1-5(4-8)3-6(2)7/h3,5,8H,4H2,1-2H3. The van der Waals surface area contributed by atoms with Crippen molar-refractivity contribution in [2.24, 2.45) is 5.92 Å². The maximum atomic E-state index is 8.52. The van der Waals surface area contributed by atoms with E-state index in [1.807, 2.05) is 19.9 Å². The topological polar surface area (TPSA) is 20.2 Å². The van der Waals surface area contributed by atoms with Crippen molar-refractivity contribution in [2.75, 3.05) is 6.61 Å². The second kappa shape index (κ2) is 4.10. The molecule has 1 N–H and O–H groups in total. The van der Waals surface area contributed by atoms with Crippen LogP contribution < -0.4 is 0 Å². The van der Waals surface area contributed by atoms with Crippen molar-refractivity contribution in [2.45, 2.75) is 13.8 Å². The number of hydrogen-bond donors (Lipinski definition) is 1. The summed E-state index contributed by atoms with van der Waals surface area (Å²) in [5.74, 6) is 0.273. The first-order valence-corrected chi connectivity index (χ1v) is 3.41. The van der Waals surface area contributed by atoms with E-state index in [1.165, 1.54) is 0 Å². The summed E-state index contributed by atoms with van der Waals surface area (Å²) in [4.78, 5) is 0. The highest BCUT2D eigenvalue weighted by molar-refractivity contribution is 9.11. The molecule has 0 aliphatic heterocycles. The smallest absolute Gasteiger partial charge is 0.0491 e. The molecule has 48 valence electrons. The van der Waals surface area contributed by atoms with E-state index in [1.54, 1.807) is 0 Å². The summed E-state index contributed by atoms with van der Waals surface area (Å²) in [6.45, 7) is 4.14. The summed E-state index contributed by atoms with van der Waals surface area (Å²) in [6.07, 6.45) is 1.97. The van der Waals surface area contributed by atoms with Gasteiger partial charge in [-0.15, -0.1) is 0 Å². The third-order valence-electron chi connectivity index (χ3n) is 0.802. The molecule has 0 aromatic carbocycles. The lowest BCUT2D eigenvalue weighted by molar-refractivity contribution is 0.262. The van der Waals surface area contributed by atoms with Gasteiger partial charge in [-0.25, -0.2) is 0 Å². The minimum absolute atomic E-state index is 0.225. The summed E-state index contributed by atoms with van der Waals surface area (Å²) in [5.41, 5.74) is 0. The Morgan fingerprint density at radius 3 is 2.50 bits per heavy atom. The maximum Gasteiger partial charge on any atom is 0.0491 e. The molecule has 0 amide bonds. The van der Waals surface area contributed by atoms with Crippen molar-refractivity contribution >= 4 is 15.9 Å². The first kappa shape index (κ1) is 8.18. The Labute approximate surface area is 58.5 Å². The number of rotatable bonds is 2. The van der Waals surface area contributed by atoms with E-state index >= 15 is 0 Å². The zero-order chi connectivity index (χ0) is 6.57. The van der Waals surface area contributed by atoms with Gasteiger partial charge in [0.2, 0.25) is 0 Å². The normalized spacial score (nSPS) is 16.2. The predicted molar refractivity (Wildman–Crippen MR) is 38.9 cm³/mol. The molecule has 0 saturated heterocycles. The molecule has 0 heterocycles. The van der Waals surface area contributed by atoms with Crippen LogP contribution in [-0.2, 0) is 0 Å². The van der Waals surface area contributed by atoms with Crippen LogP contribution in [0.15, 0.2) is 10.6 Å². The van der Waals surface area contributed by atoms with Gasteiger partial charge in [-0.3, -0.25) is 0 Å². The Hall–Kier alpha value is 0.180. The van der Waals surface area contributed by atoms with Crippen molar-refractivity contribution in [1.29, 1.82) is 0 Å². The van der Waals surface area contributed by atoms with Crippen molar-refractivity contribution in [3.8, 4) is 0 Å². The molecule has 0 aromatic rings. The highest BCUT2D eigenvalue weighted by Crippen LogP contribution is 2.06. The molecular formula is C6H11BrO. The Kier molecular flexibility index (Phi) is 4.19. The van der Waals surface area contributed by atoms with Crippen molar-refractivity contribution in [3.05, 3.63) is 10.6 Å². The molecule has 0 fully saturated rings. The van der Waals surface area contributed by atoms with Crippen molar-refractivity contribution in [1.82, 2.24) is 0 Å². The second-order valence-electron chi connectivity index (χ2n) is 1.91. The molecule has 1 nitrogen and oxygen atoms in total. The van der Waals surface area contributed by atoms with Crippen LogP contribution in [0.1, 0.15) is 13.8 Å². The number of allylic oxidation sites excluding steroid dienone is 1. The fourth-order valence-corrected chi connectivity index (χ4v) is 0.896. The summed E-state index contributed by atoms with van der Waals surface area (Å²) < 4.78 is 1.08. The molecule has 2 heteroatoms. The molecular weight excluding hydrogens is 168 g/mol. The zero-order valence-corrected chi connectivity index (χ0v) is 6.77. The Bertz CT molecular complexity index is 84.5. The lowest BCUT2D eigenvalue weighted by atomic mass is 10.2. The van der Waals surface area contributed by atoms with Gasteiger partial charge in [0.05, 0.1) is 0 Å². The Morgan fingerprint density at radius 1 is 1.88 bits per heavy atom. The Morgan fingerprint density at radius 2 is 2.38 bits per heavy atom. The first-order chi connectivity index (χ1) is 3.66. The summed E-state index contributed by atoms with van der Waals surface area (Å²) in [5, 5.41) is 8.52. The lowest BCUT2D eigenvalue weighted by Gasteiger charge is -1.97. The fourth-order valence-electron chi connectivity index (χ4n) is 0.445. The van der Waals surface area contributed by atoms with Gasteiger partial charge in [0.15, 0.2) is 0 Å². The van der Waals surface area contributed by atoms with Crippen molar-refractivity contribution < 1.29 is 5.11 Å².